The molecule has 0 radical (unpaired) electrons. The molecular weight excluding hydrogens is 398 g/mol. The zero-order chi connectivity index (χ0) is 21.3. The molecule has 30 heavy (non-hydrogen) atoms. The highest BCUT2D eigenvalue weighted by molar-refractivity contribution is 7.99. The molecule has 0 aliphatic rings. The van der Waals surface area contributed by atoms with Gasteiger partial charge in [-0.3, -0.25) is 0 Å². The summed E-state index contributed by atoms with van der Waals surface area (Å²) in [6.45, 7) is 9.98. The minimum absolute atomic E-state index is 0.208. The summed E-state index contributed by atoms with van der Waals surface area (Å²) in [6, 6.07) is 14.9. The number of hydrogen-bond acceptors (Lipinski definition) is 7. The Kier molecular flexibility index (Phi) is 8.16. The van der Waals surface area contributed by atoms with Crippen LogP contribution >= 0.6 is 11.8 Å². The molecule has 1 aromatic heterocycles. The van der Waals surface area contributed by atoms with Crippen molar-refractivity contribution >= 4 is 11.8 Å². The van der Waals surface area contributed by atoms with Crippen LogP contribution in [0.5, 0.6) is 11.5 Å². The summed E-state index contributed by atoms with van der Waals surface area (Å²) < 4.78 is 11.8. The van der Waals surface area contributed by atoms with Crippen LogP contribution in [0.4, 0.5) is 0 Å². The van der Waals surface area contributed by atoms with Gasteiger partial charge in [0.15, 0.2) is 0 Å². The fraction of sp³-hybridized carbons (Fsp3) is 0.391. The topological polar surface area (TPSA) is 71.6 Å². The summed E-state index contributed by atoms with van der Waals surface area (Å²) >= 11 is 1.64. The number of benzene rings is 2. The molecule has 3 rings (SSSR count). The van der Waals surface area contributed by atoms with Crippen LogP contribution in [-0.2, 0) is 0 Å². The zero-order valence-electron chi connectivity index (χ0n) is 17.7. The second-order valence-electron chi connectivity index (χ2n) is 6.74. The Morgan fingerprint density at radius 2 is 1.77 bits per heavy atom. The van der Waals surface area contributed by atoms with Crippen LogP contribution in [0.3, 0.4) is 0 Å². The highest BCUT2D eigenvalue weighted by Gasteiger charge is 2.23. The van der Waals surface area contributed by atoms with Crippen molar-refractivity contribution in [3.05, 3.63) is 60.0 Å². The molecule has 1 N–H and O–H groups in total. The first-order chi connectivity index (χ1) is 14.7. The summed E-state index contributed by atoms with van der Waals surface area (Å²) in [6.07, 6.45) is 0. The van der Waals surface area contributed by atoms with Crippen molar-refractivity contribution in [1.82, 2.24) is 15.1 Å². The van der Waals surface area contributed by atoms with E-state index in [4.69, 9.17) is 9.15 Å². The standard InChI is InChI=1S/C23H29N3O3S/c1-4-26(5-2)15-16-28-18-13-11-17(12-14-18)22-24-25-23(29-22)21(30-6-3)19-9-7-8-10-20(19)27/h7-14,21,27H,4-6,15-16H2,1-3H3. The quantitative estimate of drug-likeness (QED) is 0.461. The summed E-state index contributed by atoms with van der Waals surface area (Å²) in [7, 11) is 0. The van der Waals surface area contributed by atoms with Gasteiger partial charge in [-0.15, -0.1) is 22.0 Å². The van der Waals surface area contributed by atoms with E-state index in [1.165, 1.54) is 0 Å². The van der Waals surface area contributed by atoms with Gasteiger partial charge >= 0.3 is 0 Å². The monoisotopic (exact) mass is 427 g/mol. The summed E-state index contributed by atoms with van der Waals surface area (Å²) in [4.78, 5) is 2.32. The number of para-hydroxylation sites is 1. The first kappa shape index (κ1) is 22.2. The number of aromatic nitrogens is 2. The van der Waals surface area contributed by atoms with E-state index in [0.29, 0.717) is 18.4 Å². The van der Waals surface area contributed by atoms with Gasteiger partial charge in [-0.25, -0.2) is 0 Å². The second kappa shape index (κ2) is 11.0. The molecule has 3 aromatic rings. The minimum atomic E-state index is -0.208. The van der Waals surface area contributed by atoms with Gasteiger partial charge in [-0.1, -0.05) is 39.0 Å². The van der Waals surface area contributed by atoms with Gasteiger partial charge in [0.2, 0.25) is 11.8 Å². The van der Waals surface area contributed by atoms with Crippen molar-refractivity contribution in [2.24, 2.45) is 0 Å². The predicted molar refractivity (Wildman–Crippen MR) is 121 cm³/mol. The molecule has 0 spiro atoms. The largest absolute Gasteiger partial charge is 0.508 e. The Bertz CT molecular complexity index is 910. The van der Waals surface area contributed by atoms with Crippen molar-refractivity contribution in [2.75, 3.05) is 32.0 Å². The number of ether oxygens (including phenoxy) is 1. The molecule has 0 saturated heterocycles. The molecule has 0 aliphatic carbocycles. The molecule has 0 fully saturated rings. The summed E-state index contributed by atoms with van der Waals surface area (Å²) in [5.74, 6) is 2.85. The predicted octanol–water partition coefficient (Wildman–Crippen LogP) is 5.01. The molecule has 1 unspecified atom stereocenters. The molecule has 0 bridgehead atoms. The van der Waals surface area contributed by atoms with Crippen LogP contribution in [0.15, 0.2) is 52.9 Å². The first-order valence-corrected chi connectivity index (χ1v) is 11.4. The summed E-state index contributed by atoms with van der Waals surface area (Å²) in [5.41, 5.74) is 1.61. The van der Waals surface area contributed by atoms with E-state index in [9.17, 15) is 5.11 Å². The van der Waals surface area contributed by atoms with Crippen molar-refractivity contribution < 1.29 is 14.3 Å². The van der Waals surface area contributed by atoms with Crippen molar-refractivity contribution in [3.8, 4) is 23.0 Å². The van der Waals surface area contributed by atoms with Crippen LogP contribution in [0.1, 0.15) is 37.5 Å². The van der Waals surface area contributed by atoms with Gasteiger partial charge < -0.3 is 19.2 Å². The number of phenols is 1. The Hall–Kier alpha value is -2.51. The van der Waals surface area contributed by atoms with Gasteiger partial charge in [0.1, 0.15) is 23.4 Å². The number of phenolic OH excluding ortho intramolecular Hbond substituents is 1. The van der Waals surface area contributed by atoms with Gasteiger partial charge in [0, 0.05) is 17.7 Å². The molecular formula is C23H29N3O3S. The van der Waals surface area contributed by atoms with Gasteiger partial charge in [-0.2, -0.15) is 0 Å². The lowest BCUT2D eigenvalue weighted by Gasteiger charge is -2.17. The van der Waals surface area contributed by atoms with Gasteiger partial charge in [-0.05, 0) is 49.2 Å². The summed E-state index contributed by atoms with van der Waals surface area (Å²) in [5, 5.41) is 18.5. The van der Waals surface area contributed by atoms with E-state index in [2.05, 4.69) is 35.9 Å². The number of thioether (sulfide) groups is 1. The maximum Gasteiger partial charge on any atom is 0.247 e. The molecule has 0 amide bonds. The van der Waals surface area contributed by atoms with Crippen LogP contribution in [0.25, 0.3) is 11.5 Å². The van der Waals surface area contributed by atoms with Crippen LogP contribution in [0.2, 0.25) is 0 Å². The highest BCUT2D eigenvalue weighted by Crippen LogP contribution is 2.39. The Labute approximate surface area is 182 Å². The maximum atomic E-state index is 10.2. The normalized spacial score (nSPS) is 12.3. The van der Waals surface area contributed by atoms with Crippen LogP contribution in [-0.4, -0.2) is 52.2 Å². The molecule has 160 valence electrons. The zero-order valence-corrected chi connectivity index (χ0v) is 18.6. The molecule has 1 heterocycles. The van der Waals surface area contributed by atoms with E-state index in [1.807, 2.05) is 36.4 Å². The first-order valence-electron chi connectivity index (χ1n) is 10.3. The van der Waals surface area contributed by atoms with Gasteiger partial charge in [0.25, 0.3) is 0 Å². The third-order valence-electron chi connectivity index (χ3n) is 4.89. The average molecular weight is 428 g/mol. The fourth-order valence-electron chi connectivity index (χ4n) is 3.15. The lowest BCUT2D eigenvalue weighted by Crippen LogP contribution is -2.27. The number of likely N-dealkylation sites (N-methyl/N-ethyl adjacent to an activating group) is 1. The fourth-order valence-corrected chi connectivity index (χ4v) is 4.10. The van der Waals surface area contributed by atoms with Crippen molar-refractivity contribution in [2.45, 2.75) is 26.0 Å². The number of aromatic hydroxyl groups is 1. The van der Waals surface area contributed by atoms with Crippen LogP contribution < -0.4 is 4.74 Å². The SMILES string of the molecule is CCSC(c1nnc(-c2ccc(OCCN(CC)CC)cc2)o1)c1ccccc1O. The molecule has 2 aromatic carbocycles. The van der Waals surface area contributed by atoms with Crippen LogP contribution in [0, 0.1) is 0 Å². The molecule has 0 aliphatic heterocycles. The Morgan fingerprint density at radius 1 is 1.03 bits per heavy atom. The molecule has 0 saturated carbocycles. The van der Waals surface area contributed by atoms with E-state index in [1.54, 1.807) is 23.9 Å². The smallest absolute Gasteiger partial charge is 0.247 e. The molecule has 7 heteroatoms. The van der Waals surface area contributed by atoms with E-state index >= 15 is 0 Å². The number of nitrogens with zero attached hydrogens (tertiary/aromatic N) is 3. The third-order valence-corrected chi connectivity index (χ3v) is 6.01. The Morgan fingerprint density at radius 3 is 2.43 bits per heavy atom. The maximum absolute atomic E-state index is 10.2. The Balaban J connectivity index is 1.70. The molecule has 6 nitrogen and oxygen atoms in total. The lowest BCUT2D eigenvalue weighted by molar-refractivity contribution is 0.223. The van der Waals surface area contributed by atoms with E-state index < -0.39 is 0 Å². The van der Waals surface area contributed by atoms with E-state index in [0.717, 1.165) is 42.3 Å². The minimum Gasteiger partial charge on any atom is -0.508 e. The second-order valence-corrected chi connectivity index (χ2v) is 8.12. The lowest BCUT2D eigenvalue weighted by atomic mass is 10.1. The van der Waals surface area contributed by atoms with E-state index in [-0.39, 0.29) is 11.0 Å². The molecule has 1 atom stereocenters. The number of hydrogen-bond donors (Lipinski definition) is 1. The highest BCUT2D eigenvalue weighted by atomic mass is 32.2. The van der Waals surface area contributed by atoms with Gasteiger partial charge in [0.05, 0.1) is 0 Å². The van der Waals surface area contributed by atoms with Crippen molar-refractivity contribution in [1.29, 1.82) is 0 Å². The average Bonchev–Trinajstić information content (AvgIpc) is 3.26. The number of rotatable bonds is 11. The third kappa shape index (κ3) is 5.55. The van der Waals surface area contributed by atoms with Crippen molar-refractivity contribution in [3.63, 3.8) is 0 Å².